The number of amides is 1. The molecule has 4 nitrogen and oxygen atoms in total. The van der Waals surface area contributed by atoms with Crippen LogP contribution < -0.4 is 15.5 Å². The molecule has 4 heteroatoms. The summed E-state index contributed by atoms with van der Waals surface area (Å²) in [7, 11) is 5.69. The van der Waals surface area contributed by atoms with Crippen LogP contribution in [0.25, 0.3) is 0 Å². The summed E-state index contributed by atoms with van der Waals surface area (Å²) in [6.07, 6.45) is 0. The molecule has 0 bridgehead atoms. The number of carbonyl (C=O) groups excluding carboxylic acids is 1. The van der Waals surface area contributed by atoms with Gasteiger partial charge in [0.2, 0.25) is 0 Å². The summed E-state index contributed by atoms with van der Waals surface area (Å²) >= 11 is 0. The van der Waals surface area contributed by atoms with Crippen molar-refractivity contribution in [1.29, 1.82) is 0 Å². The monoisotopic (exact) mass is 283 g/mol. The maximum Gasteiger partial charge on any atom is 0.251 e. The van der Waals surface area contributed by atoms with Crippen molar-refractivity contribution in [3.63, 3.8) is 0 Å². The molecule has 2 N–H and O–H groups in total. The Kier molecular flexibility index (Phi) is 4.82. The summed E-state index contributed by atoms with van der Waals surface area (Å²) in [4.78, 5) is 13.5. The van der Waals surface area contributed by atoms with Crippen LogP contribution in [0, 0.1) is 0 Å². The summed E-state index contributed by atoms with van der Waals surface area (Å²) in [5.41, 5.74) is 4.07. The smallest absolute Gasteiger partial charge is 0.251 e. The highest BCUT2D eigenvalue weighted by Crippen LogP contribution is 2.14. The van der Waals surface area contributed by atoms with Gasteiger partial charge in [-0.15, -0.1) is 0 Å². The van der Waals surface area contributed by atoms with Crippen LogP contribution in [0.15, 0.2) is 48.5 Å². The van der Waals surface area contributed by atoms with Crippen molar-refractivity contribution >= 4 is 17.3 Å². The first-order valence-corrected chi connectivity index (χ1v) is 6.92. The van der Waals surface area contributed by atoms with E-state index in [0.29, 0.717) is 5.56 Å². The highest BCUT2D eigenvalue weighted by atomic mass is 16.1. The van der Waals surface area contributed by atoms with E-state index in [1.165, 1.54) is 11.3 Å². The third-order valence-electron chi connectivity index (χ3n) is 3.32. The van der Waals surface area contributed by atoms with Gasteiger partial charge in [0.25, 0.3) is 5.91 Å². The molecule has 0 atom stereocenters. The lowest BCUT2D eigenvalue weighted by Crippen LogP contribution is -2.17. The van der Waals surface area contributed by atoms with Gasteiger partial charge in [-0.05, 0) is 42.0 Å². The number of rotatable bonds is 5. The first kappa shape index (κ1) is 14.9. The van der Waals surface area contributed by atoms with Crippen LogP contribution >= 0.6 is 0 Å². The fourth-order valence-electron chi connectivity index (χ4n) is 2.00. The third-order valence-corrected chi connectivity index (χ3v) is 3.32. The first-order valence-electron chi connectivity index (χ1n) is 6.92. The molecule has 2 rings (SSSR count). The molecule has 0 aromatic heterocycles. The summed E-state index contributed by atoms with van der Waals surface area (Å²) in [6.45, 7) is 0.757. The molecule has 1 amide bonds. The Morgan fingerprint density at radius 1 is 1.00 bits per heavy atom. The largest absolute Gasteiger partial charge is 0.381 e. The molecular weight excluding hydrogens is 262 g/mol. The van der Waals surface area contributed by atoms with Gasteiger partial charge in [0.15, 0.2) is 0 Å². The summed E-state index contributed by atoms with van der Waals surface area (Å²) in [5.74, 6) is -0.0687. The van der Waals surface area contributed by atoms with E-state index >= 15 is 0 Å². The molecular formula is C17H21N3O. The Hall–Kier alpha value is -2.49. The zero-order valence-electron chi connectivity index (χ0n) is 12.7. The average Bonchev–Trinajstić information content (AvgIpc) is 2.53. The Morgan fingerprint density at radius 2 is 1.62 bits per heavy atom. The SMILES string of the molecule is CNC(=O)c1ccc(NCc2ccc(N(C)C)cc2)cc1. The zero-order valence-corrected chi connectivity index (χ0v) is 12.7. The second-order valence-corrected chi connectivity index (χ2v) is 5.07. The molecule has 0 radical (unpaired) electrons. The van der Waals surface area contributed by atoms with Crippen molar-refractivity contribution < 1.29 is 4.79 Å². The van der Waals surface area contributed by atoms with E-state index in [9.17, 15) is 4.79 Å². The number of anilines is 2. The molecule has 0 heterocycles. The van der Waals surface area contributed by atoms with Gasteiger partial charge in [0.05, 0.1) is 0 Å². The second-order valence-electron chi connectivity index (χ2n) is 5.07. The summed E-state index contributed by atoms with van der Waals surface area (Å²) in [6, 6.07) is 15.9. The fraction of sp³-hybridized carbons (Fsp3) is 0.235. The molecule has 110 valence electrons. The van der Waals surface area contributed by atoms with Crippen LogP contribution in [0.2, 0.25) is 0 Å². The predicted octanol–water partition coefficient (Wildman–Crippen LogP) is 2.72. The number of hydrogen-bond donors (Lipinski definition) is 2. The summed E-state index contributed by atoms with van der Waals surface area (Å²) in [5, 5.41) is 5.96. The first-order chi connectivity index (χ1) is 10.1. The molecule has 0 unspecified atom stereocenters. The van der Waals surface area contributed by atoms with E-state index in [0.717, 1.165) is 12.2 Å². The molecule has 0 aliphatic rings. The van der Waals surface area contributed by atoms with Gasteiger partial charge in [-0.25, -0.2) is 0 Å². The number of benzene rings is 2. The normalized spacial score (nSPS) is 10.0. The van der Waals surface area contributed by atoms with Crippen molar-refractivity contribution in [2.24, 2.45) is 0 Å². The maximum absolute atomic E-state index is 11.5. The summed E-state index contributed by atoms with van der Waals surface area (Å²) < 4.78 is 0. The van der Waals surface area contributed by atoms with Crippen molar-refractivity contribution in [3.8, 4) is 0 Å². The van der Waals surface area contributed by atoms with E-state index in [-0.39, 0.29) is 5.91 Å². The molecule has 0 aliphatic heterocycles. The van der Waals surface area contributed by atoms with Gasteiger partial charge in [-0.3, -0.25) is 4.79 Å². The van der Waals surface area contributed by atoms with Gasteiger partial charge in [-0.1, -0.05) is 12.1 Å². The van der Waals surface area contributed by atoms with Gasteiger partial charge in [0.1, 0.15) is 0 Å². The Morgan fingerprint density at radius 3 is 2.14 bits per heavy atom. The van der Waals surface area contributed by atoms with Gasteiger partial charge in [-0.2, -0.15) is 0 Å². The minimum absolute atomic E-state index is 0.0687. The molecule has 0 spiro atoms. The molecule has 0 saturated carbocycles. The predicted molar refractivity (Wildman–Crippen MR) is 87.9 cm³/mol. The molecule has 21 heavy (non-hydrogen) atoms. The lowest BCUT2D eigenvalue weighted by Gasteiger charge is -2.13. The third kappa shape index (κ3) is 3.99. The lowest BCUT2D eigenvalue weighted by molar-refractivity contribution is 0.0963. The standard InChI is InChI=1S/C17H21N3O/c1-18-17(21)14-6-8-15(9-7-14)19-12-13-4-10-16(11-5-13)20(2)3/h4-11,19H,12H2,1-3H3,(H,18,21). The molecule has 0 saturated heterocycles. The molecule has 2 aromatic rings. The van der Waals surface area contributed by atoms with Gasteiger partial charge < -0.3 is 15.5 Å². The average molecular weight is 283 g/mol. The lowest BCUT2D eigenvalue weighted by atomic mass is 10.1. The van der Waals surface area contributed by atoms with Crippen LogP contribution in [0.1, 0.15) is 15.9 Å². The van der Waals surface area contributed by atoms with Crippen molar-refractivity contribution in [2.45, 2.75) is 6.54 Å². The number of nitrogens with zero attached hydrogens (tertiary/aromatic N) is 1. The Bertz CT molecular complexity index is 588. The number of nitrogens with one attached hydrogen (secondary N) is 2. The van der Waals surface area contributed by atoms with Crippen LogP contribution in [0.3, 0.4) is 0 Å². The van der Waals surface area contributed by atoms with Crippen LogP contribution in [0.5, 0.6) is 0 Å². The second kappa shape index (κ2) is 6.79. The Labute approximate surface area is 125 Å². The minimum atomic E-state index is -0.0687. The van der Waals surface area contributed by atoms with Gasteiger partial charge >= 0.3 is 0 Å². The number of hydrogen-bond acceptors (Lipinski definition) is 3. The van der Waals surface area contributed by atoms with Gasteiger partial charge in [0, 0.05) is 44.6 Å². The molecule has 2 aromatic carbocycles. The Balaban J connectivity index is 1.95. The van der Waals surface area contributed by atoms with E-state index in [2.05, 4.69) is 39.8 Å². The van der Waals surface area contributed by atoms with Crippen molar-refractivity contribution in [3.05, 3.63) is 59.7 Å². The zero-order chi connectivity index (χ0) is 15.2. The maximum atomic E-state index is 11.5. The van der Waals surface area contributed by atoms with Crippen molar-refractivity contribution in [2.75, 3.05) is 31.4 Å². The molecule has 0 fully saturated rings. The van der Waals surface area contributed by atoms with E-state index in [1.807, 2.05) is 38.4 Å². The van der Waals surface area contributed by atoms with E-state index in [4.69, 9.17) is 0 Å². The van der Waals surface area contributed by atoms with Crippen molar-refractivity contribution in [1.82, 2.24) is 5.32 Å². The fourth-order valence-corrected chi connectivity index (χ4v) is 2.00. The molecule has 0 aliphatic carbocycles. The minimum Gasteiger partial charge on any atom is -0.381 e. The van der Waals surface area contributed by atoms with E-state index in [1.54, 1.807) is 7.05 Å². The van der Waals surface area contributed by atoms with Crippen LogP contribution in [0.4, 0.5) is 11.4 Å². The van der Waals surface area contributed by atoms with Crippen LogP contribution in [-0.2, 0) is 6.54 Å². The topological polar surface area (TPSA) is 44.4 Å². The van der Waals surface area contributed by atoms with Crippen LogP contribution in [-0.4, -0.2) is 27.1 Å². The highest BCUT2D eigenvalue weighted by Gasteiger charge is 2.02. The quantitative estimate of drug-likeness (QED) is 0.887. The van der Waals surface area contributed by atoms with E-state index < -0.39 is 0 Å². The highest BCUT2D eigenvalue weighted by molar-refractivity contribution is 5.94. The number of carbonyl (C=O) groups is 1.